The van der Waals surface area contributed by atoms with Crippen LogP contribution in [0.25, 0.3) is 5.76 Å². The zero-order valence-electron chi connectivity index (χ0n) is 20.7. The van der Waals surface area contributed by atoms with Gasteiger partial charge in [-0.3, -0.25) is 19.5 Å². The van der Waals surface area contributed by atoms with Gasteiger partial charge in [0.05, 0.1) is 24.3 Å². The van der Waals surface area contributed by atoms with Crippen molar-refractivity contribution in [3.8, 4) is 5.75 Å². The molecular formula is C29H30N2O4. The van der Waals surface area contributed by atoms with Gasteiger partial charge in [-0.25, -0.2) is 0 Å². The lowest BCUT2D eigenvalue weighted by Crippen LogP contribution is -2.29. The Bertz CT molecular complexity index is 1290. The van der Waals surface area contributed by atoms with Crippen LogP contribution in [0.3, 0.4) is 0 Å². The molecule has 0 bridgehead atoms. The van der Waals surface area contributed by atoms with Crippen LogP contribution < -0.4 is 9.64 Å². The molecule has 0 radical (unpaired) electrons. The van der Waals surface area contributed by atoms with Gasteiger partial charge >= 0.3 is 0 Å². The summed E-state index contributed by atoms with van der Waals surface area (Å²) in [4.78, 5) is 32.3. The zero-order valence-corrected chi connectivity index (χ0v) is 20.7. The number of rotatable bonds is 5. The minimum Gasteiger partial charge on any atom is -0.507 e. The molecule has 35 heavy (non-hydrogen) atoms. The van der Waals surface area contributed by atoms with Crippen LogP contribution in [0, 0.1) is 0 Å². The first-order chi connectivity index (χ1) is 16.7. The second-order valence-corrected chi connectivity index (χ2v) is 9.63. The quantitative estimate of drug-likeness (QED) is 0.299. The SMILES string of the molecule is CCc1ccc(N2C(=O)C(=O)/C(=C(/O)c3cc(C(C)(C)C)ccc3OC)C2c2ccncc2)cc1. The Hall–Kier alpha value is -3.93. The molecular weight excluding hydrogens is 440 g/mol. The second-order valence-electron chi connectivity index (χ2n) is 9.63. The van der Waals surface area contributed by atoms with Crippen molar-refractivity contribution in [2.75, 3.05) is 12.0 Å². The number of aryl methyl sites for hydroxylation is 1. The zero-order chi connectivity index (χ0) is 25.3. The molecule has 1 N–H and O–H groups in total. The number of hydrogen-bond donors (Lipinski definition) is 1. The van der Waals surface area contributed by atoms with E-state index in [0.29, 0.717) is 22.6 Å². The number of hydrogen-bond acceptors (Lipinski definition) is 5. The molecule has 0 spiro atoms. The number of anilines is 1. The lowest BCUT2D eigenvalue weighted by Gasteiger charge is -2.26. The Morgan fingerprint density at radius 2 is 1.69 bits per heavy atom. The highest BCUT2D eigenvalue weighted by Gasteiger charge is 2.47. The third-order valence-corrected chi connectivity index (χ3v) is 6.41. The Morgan fingerprint density at radius 1 is 1.03 bits per heavy atom. The summed E-state index contributed by atoms with van der Waals surface area (Å²) in [6.45, 7) is 8.24. The molecule has 1 amide bonds. The van der Waals surface area contributed by atoms with Crippen LogP contribution in [0.2, 0.25) is 0 Å². The third-order valence-electron chi connectivity index (χ3n) is 6.41. The van der Waals surface area contributed by atoms with E-state index < -0.39 is 17.7 Å². The topological polar surface area (TPSA) is 79.7 Å². The molecule has 1 aliphatic rings. The van der Waals surface area contributed by atoms with Gasteiger partial charge in [0.1, 0.15) is 11.5 Å². The summed E-state index contributed by atoms with van der Waals surface area (Å²) >= 11 is 0. The normalized spacial score (nSPS) is 17.6. The van der Waals surface area contributed by atoms with E-state index in [9.17, 15) is 14.7 Å². The van der Waals surface area contributed by atoms with Crippen LogP contribution in [0.15, 0.2) is 72.6 Å². The molecule has 1 saturated heterocycles. The Kier molecular flexibility index (Phi) is 6.48. The highest BCUT2D eigenvalue weighted by atomic mass is 16.5. The van der Waals surface area contributed by atoms with Gasteiger partial charge in [-0.05, 0) is 64.9 Å². The fourth-order valence-electron chi connectivity index (χ4n) is 4.36. The number of pyridine rings is 1. The summed E-state index contributed by atoms with van der Waals surface area (Å²) in [6, 6.07) is 15.8. The number of aliphatic hydroxyl groups is 1. The molecule has 1 aliphatic heterocycles. The number of ketones is 1. The van der Waals surface area contributed by atoms with E-state index in [-0.39, 0.29) is 16.7 Å². The summed E-state index contributed by atoms with van der Waals surface area (Å²) < 4.78 is 5.52. The lowest BCUT2D eigenvalue weighted by molar-refractivity contribution is -0.132. The van der Waals surface area contributed by atoms with Crippen LogP contribution in [-0.4, -0.2) is 28.9 Å². The smallest absolute Gasteiger partial charge is 0.300 e. The summed E-state index contributed by atoms with van der Waals surface area (Å²) in [5, 5.41) is 11.6. The minimum absolute atomic E-state index is 0.0186. The number of Topliss-reactive ketones (excluding diaryl/α,β-unsaturated/α-hetero) is 1. The maximum absolute atomic E-state index is 13.4. The highest BCUT2D eigenvalue weighted by molar-refractivity contribution is 6.51. The van der Waals surface area contributed by atoms with Crippen LogP contribution in [0.4, 0.5) is 5.69 Å². The summed E-state index contributed by atoms with van der Waals surface area (Å²) in [5.41, 5.74) is 3.54. The first-order valence-corrected chi connectivity index (χ1v) is 11.7. The van der Waals surface area contributed by atoms with E-state index in [1.807, 2.05) is 36.4 Å². The van der Waals surface area contributed by atoms with E-state index in [0.717, 1.165) is 17.5 Å². The van der Waals surface area contributed by atoms with Crippen molar-refractivity contribution < 1.29 is 19.4 Å². The number of aromatic nitrogens is 1. The fraction of sp³-hybridized carbons (Fsp3) is 0.276. The van der Waals surface area contributed by atoms with Gasteiger partial charge in [0.25, 0.3) is 11.7 Å². The molecule has 1 aromatic heterocycles. The first kappa shape index (κ1) is 24.2. The van der Waals surface area contributed by atoms with Crippen molar-refractivity contribution in [2.45, 2.75) is 45.6 Å². The lowest BCUT2D eigenvalue weighted by atomic mass is 9.85. The van der Waals surface area contributed by atoms with Gasteiger partial charge in [-0.2, -0.15) is 0 Å². The van der Waals surface area contributed by atoms with Gasteiger partial charge in [0, 0.05) is 18.1 Å². The van der Waals surface area contributed by atoms with E-state index in [4.69, 9.17) is 4.74 Å². The van der Waals surface area contributed by atoms with E-state index >= 15 is 0 Å². The summed E-state index contributed by atoms with van der Waals surface area (Å²) in [7, 11) is 1.51. The van der Waals surface area contributed by atoms with Gasteiger partial charge in [0.2, 0.25) is 0 Å². The number of carbonyl (C=O) groups excluding carboxylic acids is 2. The fourth-order valence-corrected chi connectivity index (χ4v) is 4.36. The standard InChI is InChI=1S/C29H30N2O4/c1-6-18-7-10-21(11-8-18)31-25(19-13-15-30-16-14-19)24(27(33)28(31)34)26(32)22-17-20(29(2,3)4)9-12-23(22)35-5/h7-17,25,32H,6H2,1-5H3/b26-24+. The van der Waals surface area contributed by atoms with Crippen LogP contribution in [-0.2, 0) is 21.4 Å². The highest BCUT2D eigenvalue weighted by Crippen LogP contribution is 2.43. The number of ether oxygens (including phenoxy) is 1. The van der Waals surface area contributed by atoms with Crippen molar-refractivity contribution >= 4 is 23.1 Å². The molecule has 0 saturated carbocycles. The van der Waals surface area contributed by atoms with Crippen LogP contribution in [0.1, 0.15) is 56.0 Å². The molecule has 6 nitrogen and oxygen atoms in total. The predicted molar refractivity (Wildman–Crippen MR) is 137 cm³/mol. The number of benzene rings is 2. The molecule has 4 rings (SSSR count). The summed E-state index contributed by atoms with van der Waals surface area (Å²) in [5.74, 6) is -1.28. The van der Waals surface area contributed by atoms with E-state index in [2.05, 4.69) is 32.7 Å². The van der Waals surface area contributed by atoms with Gasteiger partial charge in [0.15, 0.2) is 0 Å². The van der Waals surface area contributed by atoms with E-state index in [1.54, 1.807) is 30.6 Å². The molecule has 2 aromatic carbocycles. The molecule has 180 valence electrons. The van der Waals surface area contributed by atoms with Gasteiger partial charge < -0.3 is 9.84 Å². The monoisotopic (exact) mass is 470 g/mol. The average molecular weight is 471 g/mol. The number of nitrogens with zero attached hydrogens (tertiary/aromatic N) is 2. The van der Waals surface area contributed by atoms with Crippen molar-refractivity contribution in [1.82, 2.24) is 4.98 Å². The van der Waals surface area contributed by atoms with Crippen molar-refractivity contribution in [1.29, 1.82) is 0 Å². The molecule has 1 unspecified atom stereocenters. The number of amides is 1. The molecule has 6 heteroatoms. The number of aliphatic hydroxyl groups excluding tert-OH is 1. The number of carbonyl (C=O) groups is 2. The second kappa shape index (κ2) is 9.37. The van der Waals surface area contributed by atoms with Crippen molar-refractivity contribution in [3.63, 3.8) is 0 Å². The molecule has 1 atom stereocenters. The average Bonchev–Trinajstić information content (AvgIpc) is 3.13. The summed E-state index contributed by atoms with van der Waals surface area (Å²) in [6.07, 6.45) is 4.07. The minimum atomic E-state index is -0.812. The first-order valence-electron chi connectivity index (χ1n) is 11.7. The molecule has 2 heterocycles. The van der Waals surface area contributed by atoms with E-state index in [1.165, 1.54) is 12.0 Å². The van der Waals surface area contributed by atoms with Crippen LogP contribution >= 0.6 is 0 Å². The van der Waals surface area contributed by atoms with Gasteiger partial charge in [-0.1, -0.05) is 45.9 Å². The molecule has 1 fully saturated rings. The third kappa shape index (κ3) is 4.44. The van der Waals surface area contributed by atoms with Gasteiger partial charge in [-0.15, -0.1) is 0 Å². The number of methoxy groups -OCH3 is 1. The maximum atomic E-state index is 13.4. The molecule has 0 aliphatic carbocycles. The van der Waals surface area contributed by atoms with Crippen molar-refractivity contribution in [2.24, 2.45) is 0 Å². The predicted octanol–water partition coefficient (Wildman–Crippen LogP) is 5.58. The van der Waals surface area contributed by atoms with Crippen LogP contribution in [0.5, 0.6) is 5.75 Å². The Balaban J connectivity index is 1.96. The van der Waals surface area contributed by atoms with Crippen molar-refractivity contribution in [3.05, 3.63) is 94.8 Å². The Labute approximate surface area is 205 Å². The largest absolute Gasteiger partial charge is 0.507 e. The maximum Gasteiger partial charge on any atom is 0.300 e. The Morgan fingerprint density at radius 3 is 2.26 bits per heavy atom. The molecule has 3 aromatic rings.